The maximum absolute atomic E-state index is 6.43. The molecule has 1 unspecified atom stereocenters. The van der Waals surface area contributed by atoms with Crippen LogP contribution < -0.4 is 0 Å². The maximum atomic E-state index is 6.43. The lowest BCUT2D eigenvalue weighted by molar-refractivity contribution is -0.231. The zero-order chi connectivity index (χ0) is 16.2. The molecule has 5 heteroatoms. The number of fused-ring (bicyclic) bond motifs is 3. The molecule has 124 valence electrons. The van der Waals surface area contributed by atoms with Crippen molar-refractivity contribution in [1.29, 1.82) is 0 Å². The standard InChI is InChI=1S/C18H23BrN2O2/c1-12-20-18(23-21(12)2)16-10-14(19)5-4-13(16)11-17(18)8-6-15(22-3)7-9-17/h4-5,10,15H,6-9,11H2,1-3H3. The highest BCUT2D eigenvalue weighted by molar-refractivity contribution is 9.10. The van der Waals surface area contributed by atoms with E-state index in [1.165, 1.54) is 11.1 Å². The summed E-state index contributed by atoms with van der Waals surface area (Å²) in [6, 6.07) is 6.55. The number of methoxy groups -OCH3 is 1. The summed E-state index contributed by atoms with van der Waals surface area (Å²) >= 11 is 3.62. The molecule has 0 amide bonds. The molecule has 1 heterocycles. The highest BCUT2D eigenvalue weighted by Gasteiger charge is 2.63. The number of hydroxylamine groups is 2. The molecule has 0 saturated heterocycles. The number of amidine groups is 1. The van der Waals surface area contributed by atoms with Crippen molar-refractivity contribution in [3.8, 4) is 0 Å². The fraction of sp³-hybridized carbons (Fsp3) is 0.611. The van der Waals surface area contributed by atoms with E-state index in [1.54, 1.807) is 0 Å². The van der Waals surface area contributed by atoms with Gasteiger partial charge in [-0.2, -0.15) is 0 Å². The van der Waals surface area contributed by atoms with Gasteiger partial charge in [0.15, 0.2) is 0 Å². The number of rotatable bonds is 1. The van der Waals surface area contributed by atoms with E-state index in [9.17, 15) is 0 Å². The van der Waals surface area contributed by atoms with Crippen LogP contribution in [0.15, 0.2) is 27.7 Å². The van der Waals surface area contributed by atoms with Crippen LogP contribution in [0.5, 0.6) is 0 Å². The molecule has 4 rings (SSSR count). The topological polar surface area (TPSA) is 34.1 Å². The molecule has 0 bridgehead atoms. The Morgan fingerprint density at radius 3 is 2.70 bits per heavy atom. The van der Waals surface area contributed by atoms with Crippen LogP contribution in [0.25, 0.3) is 0 Å². The third kappa shape index (κ3) is 2.13. The number of aliphatic imine (C=N–C) groups is 1. The Morgan fingerprint density at radius 1 is 1.35 bits per heavy atom. The fourth-order valence-electron chi connectivity index (χ4n) is 4.59. The van der Waals surface area contributed by atoms with Crippen molar-refractivity contribution in [3.63, 3.8) is 0 Å². The Morgan fingerprint density at radius 2 is 2.09 bits per heavy atom. The van der Waals surface area contributed by atoms with Crippen LogP contribution in [-0.4, -0.2) is 31.2 Å². The minimum Gasteiger partial charge on any atom is -0.381 e. The fourth-order valence-corrected chi connectivity index (χ4v) is 4.95. The number of halogens is 1. The van der Waals surface area contributed by atoms with Crippen LogP contribution in [0, 0.1) is 5.41 Å². The van der Waals surface area contributed by atoms with Crippen molar-refractivity contribution < 1.29 is 9.57 Å². The van der Waals surface area contributed by atoms with E-state index in [1.807, 2.05) is 26.1 Å². The summed E-state index contributed by atoms with van der Waals surface area (Å²) in [5.74, 6) is 0.950. The van der Waals surface area contributed by atoms with Gasteiger partial charge in [0.1, 0.15) is 5.84 Å². The van der Waals surface area contributed by atoms with Gasteiger partial charge in [-0.1, -0.05) is 22.0 Å². The van der Waals surface area contributed by atoms with Gasteiger partial charge in [-0.3, -0.25) is 0 Å². The van der Waals surface area contributed by atoms with Gasteiger partial charge in [-0.05, 0) is 56.7 Å². The first-order valence-corrected chi connectivity index (χ1v) is 9.10. The second kappa shape index (κ2) is 5.30. The van der Waals surface area contributed by atoms with E-state index in [0.717, 1.165) is 42.4 Å². The summed E-state index contributed by atoms with van der Waals surface area (Å²) in [5, 5.41) is 1.83. The Bertz CT molecular complexity index is 667. The van der Waals surface area contributed by atoms with Crippen LogP contribution in [-0.2, 0) is 21.7 Å². The lowest BCUT2D eigenvalue weighted by Crippen LogP contribution is -2.46. The summed E-state index contributed by atoms with van der Waals surface area (Å²) in [7, 11) is 3.78. The average Bonchev–Trinajstić information content (AvgIpc) is 2.97. The lowest BCUT2D eigenvalue weighted by atomic mass is 9.66. The number of hydrogen-bond acceptors (Lipinski definition) is 4. The predicted molar refractivity (Wildman–Crippen MR) is 93.2 cm³/mol. The van der Waals surface area contributed by atoms with Crippen molar-refractivity contribution in [2.45, 2.75) is 50.9 Å². The summed E-state index contributed by atoms with van der Waals surface area (Å²) < 4.78 is 6.68. The highest BCUT2D eigenvalue weighted by atomic mass is 79.9. The first kappa shape index (κ1) is 15.6. The van der Waals surface area contributed by atoms with Gasteiger partial charge >= 0.3 is 0 Å². The Labute approximate surface area is 145 Å². The number of hydrogen-bond donors (Lipinski definition) is 0. The molecule has 0 radical (unpaired) electrons. The largest absolute Gasteiger partial charge is 0.381 e. The minimum absolute atomic E-state index is 0.0389. The number of nitrogens with zero attached hydrogens (tertiary/aromatic N) is 2. The van der Waals surface area contributed by atoms with E-state index in [-0.39, 0.29) is 5.41 Å². The Hall–Kier alpha value is -0.910. The second-order valence-corrected chi connectivity index (χ2v) is 8.00. The Kier molecular flexibility index (Phi) is 3.59. The van der Waals surface area contributed by atoms with E-state index in [0.29, 0.717) is 6.10 Å². The monoisotopic (exact) mass is 378 g/mol. The van der Waals surface area contributed by atoms with Crippen LogP contribution in [0.1, 0.15) is 43.7 Å². The zero-order valence-electron chi connectivity index (χ0n) is 13.9. The maximum Gasteiger partial charge on any atom is 0.218 e. The molecule has 3 aliphatic rings. The first-order chi connectivity index (χ1) is 11.0. The summed E-state index contributed by atoms with van der Waals surface area (Å²) in [6.45, 7) is 2.03. The number of ether oxygens (including phenoxy) is 1. The minimum atomic E-state index is -0.566. The summed E-state index contributed by atoms with van der Waals surface area (Å²) in [6.07, 6.45) is 5.74. The molecule has 1 aromatic rings. The molecule has 0 N–H and O–H groups in total. The average molecular weight is 379 g/mol. The third-order valence-corrected chi connectivity index (χ3v) is 6.45. The Balaban J connectivity index is 1.82. The van der Waals surface area contributed by atoms with Gasteiger partial charge < -0.3 is 4.74 Å². The van der Waals surface area contributed by atoms with Crippen LogP contribution in [0.3, 0.4) is 0 Å². The van der Waals surface area contributed by atoms with Gasteiger partial charge in [-0.15, -0.1) is 0 Å². The smallest absolute Gasteiger partial charge is 0.218 e. The van der Waals surface area contributed by atoms with Crippen LogP contribution in [0.2, 0.25) is 0 Å². The van der Waals surface area contributed by atoms with Crippen LogP contribution >= 0.6 is 15.9 Å². The van der Waals surface area contributed by atoms with Crippen molar-refractivity contribution in [2.24, 2.45) is 10.4 Å². The van der Waals surface area contributed by atoms with Crippen LogP contribution in [0.4, 0.5) is 0 Å². The normalized spacial score (nSPS) is 35.9. The SMILES string of the molecule is COC1CCC2(CC1)Cc1ccc(Br)cc1C21N=C(C)N(C)O1. The van der Waals surface area contributed by atoms with E-state index < -0.39 is 5.72 Å². The third-order valence-electron chi connectivity index (χ3n) is 5.95. The summed E-state index contributed by atoms with van der Waals surface area (Å²) in [5.41, 5.74) is 2.07. The molecule has 1 fully saturated rings. The molecule has 1 atom stereocenters. The van der Waals surface area contributed by atoms with E-state index >= 15 is 0 Å². The van der Waals surface area contributed by atoms with Gasteiger partial charge in [0.2, 0.25) is 5.72 Å². The van der Waals surface area contributed by atoms with Crippen molar-refractivity contribution >= 4 is 21.8 Å². The molecule has 1 aromatic carbocycles. The summed E-state index contributed by atoms with van der Waals surface area (Å²) in [4.78, 5) is 11.5. The molecule has 4 nitrogen and oxygen atoms in total. The molecule has 1 aliphatic heterocycles. The van der Waals surface area contributed by atoms with E-state index in [2.05, 4.69) is 34.1 Å². The molecule has 0 aromatic heterocycles. The van der Waals surface area contributed by atoms with Gasteiger partial charge in [0.05, 0.1) is 6.10 Å². The van der Waals surface area contributed by atoms with Gasteiger partial charge in [0, 0.05) is 29.6 Å². The number of benzene rings is 1. The highest BCUT2D eigenvalue weighted by Crippen LogP contribution is 2.62. The van der Waals surface area contributed by atoms with Gasteiger partial charge in [0.25, 0.3) is 0 Å². The zero-order valence-corrected chi connectivity index (χ0v) is 15.5. The predicted octanol–water partition coefficient (Wildman–Crippen LogP) is 4.03. The molecular formula is C18H23BrN2O2. The quantitative estimate of drug-likeness (QED) is 0.739. The van der Waals surface area contributed by atoms with Crippen molar-refractivity contribution in [1.82, 2.24) is 5.06 Å². The molecule has 2 spiro atoms. The van der Waals surface area contributed by atoms with Crippen molar-refractivity contribution in [3.05, 3.63) is 33.8 Å². The van der Waals surface area contributed by atoms with E-state index in [4.69, 9.17) is 14.6 Å². The lowest BCUT2D eigenvalue weighted by Gasteiger charge is -2.45. The molecule has 1 saturated carbocycles. The second-order valence-electron chi connectivity index (χ2n) is 7.09. The molecule has 23 heavy (non-hydrogen) atoms. The first-order valence-electron chi connectivity index (χ1n) is 8.31. The molecule has 2 aliphatic carbocycles. The molecular weight excluding hydrogens is 356 g/mol. The van der Waals surface area contributed by atoms with Crippen molar-refractivity contribution in [2.75, 3.05) is 14.2 Å². The van der Waals surface area contributed by atoms with Gasteiger partial charge in [-0.25, -0.2) is 14.9 Å².